The van der Waals surface area contributed by atoms with E-state index < -0.39 is 26.7 Å². The number of aliphatic hydroxyl groups is 1. The van der Waals surface area contributed by atoms with Gasteiger partial charge in [-0.1, -0.05) is 41.4 Å². The van der Waals surface area contributed by atoms with Gasteiger partial charge in [0.1, 0.15) is 4.90 Å². The summed E-state index contributed by atoms with van der Waals surface area (Å²) in [5, 5.41) is 10.5. The molecule has 0 heterocycles. The summed E-state index contributed by atoms with van der Waals surface area (Å²) in [4.78, 5) is -0.513. The quantitative estimate of drug-likeness (QED) is 0.389. The minimum atomic E-state index is -4.12. The monoisotopic (exact) mass is 515 g/mol. The summed E-state index contributed by atoms with van der Waals surface area (Å²) in [6, 6.07) is 13.2. The molecule has 0 bridgehead atoms. The molecule has 3 aromatic rings. The number of anilines is 2. The van der Waals surface area contributed by atoms with E-state index in [1.165, 1.54) is 12.1 Å². The Hall–Kier alpha value is -2.30. The Morgan fingerprint density at radius 2 is 1.41 bits per heavy atom. The fourth-order valence-electron chi connectivity index (χ4n) is 2.93. The van der Waals surface area contributed by atoms with Crippen molar-refractivity contribution in [2.24, 2.45) is 0 Å². The maximum atomic E-state index is 13.2. The minimum absolute atomic E-state index is 0.0996. The van der Waals surface area contributed by atoms with E-state index in [1.54, 1.807) is 50.2 Å². The van der Waals surface area contributed by atoms with Gasteiger partial charge in [-0.3, -0.25) is 4.72 Å². The Morgan fingerprint density at radius 1 is 0.875 bits per heavy atom. The lowest BCUT2D eigenvalue weighted by atomic mass is 10.2. The van der Waals surface area contributed by atoms with Crippen molar-refractivity contribution < 1.29 is 21.9 Å². The molecule has 7 nitrogen and oxygen atoms in total. The van der Waals surface area contributed by atoms with Crippen molar-refractivity contribution in [1.29, 1.82) is 0 Å². The first kappa shape index (κ1) is 24.3. The lowest BCUT2D eigenvalue weighted by Crippen LogP contribution is -2.18. The van der Waals surface area contributed by atoms with Gasteiger partial charge >= 0.3 is 10.0 Å². The van der Waals surface area contributed by atoms with Crippen LogP contribution in [-0.4, -0.2) is 21.9 Å². The number of hydrogen-bond donors (Lipinski definition) is 3. The standard InChI is InChI=1S/C21H20Cl2N2O5S2/c1-13-17(22)5-3-7-19(13)24-31(27,28)16-10-9-15(12-26)21(11-16)32(29,30)25-20-8-4-6-18(23)14(20)2/h3-11,24,26H,12H2,1-2H3,(H,25,29,30)/p+1. The lowest BCUT2D eigenvalue weighted by molar-refractivity contribution is 0.278. The first-order valence-corrected chi connectivity index (χ1v) is 13.0. The summed E-state index contributed by atoms with van der Waals surface area (Å²) in [6.07, 6.45) is 0. The molecular weight excluding hydrogens is 495 g/mol. The molecule has 0 aromatic heterocycles. The molecule has 0 amide bonds. The summed E-state index contributed by atoms with van der Waals surface area (Å²) in [7, 11) is -8.12. The molecular formula is C21H21Cl2N2O5S2+. The van der Waals surface area contributed by atoms with E-state index in [1.807, 2.05) is 0 Å². The highest BCUT2D eigenvalue weighted by Gasteiger charge is 2.28. The Bertz CT molecular complexity index is 1390. The van der Waals surface area contributed by atoms with Crippen LogP contribution in [-0.2, 0) is 26.7 Å². The van der Waals surface area contributed by atoms with Crippen LogP contribution in [0.5, 0.6) is 0 Å². The molecule has 0 fully saturated rings. The van der Waals surface area contributed by atoms with Crippen LogP contribution in [0.1, 0.15) is 16.7 Å². The van der Waals surface area contributed by atoms with Gasteiger partial charge in [-0.2, -0.15) is 4.21 Å². The second kappa shape index (κ2) is 9.29. The van der Waals surface area contributed by atoms with E-state index in [2.05, 4.69) is 9.44 Å². The lowest BCUT2D eigenvalue weighted by Gasteiger charge is -2.14. The molecule has 0 radical (unpaired) electrons. The zero-order chi connectivity index (χ0) is 23.7. The molecule has 0 aliphatic rings. The van der Waals surface area contributed by atoms with Gasteiger partial charge < -0.3 is 5.11 Å². The zero-order valence-corrected chi connectivity index (χ0v) is 20.2. The van der Waals surface area contributed by atoms with Crippen molar-refractivity contribution in [2.75, 3.05) is 9.44 Å². The molecule has 0 saturated carbocycles. The van der Waals surface area contributed by atoms with Gasteiger partial charge in [-0.05, 0) is 61.4 Å². The molecule has 11 heteroatoms. The number of hydrogen-bond acceptors (Lipinski definition) is 4. The zero-order valence-electron chi connectivity index (χ0n) is 17.1. The highest BCUT2D eigenvalue weighted by Crippen LogP contribution is 2.29. The second-order valence-corrected chi connectivity index (χ2v) is 11.2. The van der Waals surface area contributed by atoms with Crippen LogP contribution in [0.3, 0.4) is 0 Å². The number of aliphatic hydroxyl groups excluding tert-OH is 1. The van der Waals surface area contributed by atoms with Crippen molar-refractivity contribution in [2.45, 2.75) is 30.2 Å². The van der Waals surface area contributed by atoms with Gasteiger partial charge in [-0.15, -0.1) is 0 Å². The maximum Gasteiger partial charge on any atom is 0.396 e. The van der Waals surface area contributed by atoms with Gasteiger partial charge in [0.05, 0.1) is 22.9 Å². The van der Waals surface area contributed by atoms with Gasteiger partial charge in [-0.25, -0.2) is 17.3 Å². The van der Waals surface area contributed by atoms with Crippen molar-refractivity contribution in [1.82, 2.24) is 0 Å². The average Bonchev–Trinajstić information content (AvgIpc) is 2.74. The van der Waals surface area contributed by atoms with E-state index in [0.29, 0.717) is 26.9 Å². The van der Waals surface area contributed by atoms with Crippen LogP contribution >= 0.6 is 23.2 Å². The van der Waals surface area contributed by atoms with Crippen LogP contribution in [0.15, 0.2) is 64.4 Å². The van der Waals surface area contributed by atoms with Gasteiger partial charge in [0, 0.05) is 15.6 Å². The van der Waals surface area contributed by atoms with Crippen molar-refractivity contribution in [3.05, 3.63) is 81.3 Å². The Labute approximate surface area is 197 Å². The van der Waals surface area contributed by atoms with E-state index in [4.69, 9.17) is 23.2 Å². The summed E-state index contributed by atoms with van der Waals surface area (Å²) < 4.78 is 54.9. The van der Waals surface area contributed by atoms with Gasteiger partial charge in [0.25, 0.3) is 10.0 Å². The molecule has 0 aliphatic carbocycles. The number of nitrogens with one attached hydrogen (secondary N) is 2. The maximum absolute atomic E-state index is 13.2. The van der Waals surface area contributed by atoms with E-state index >= 15 is 0 Å². The Morgan fingerprint density at radius 3 is 1.94 bits per heavy atom. The van der Waals surface area contributed by atoms with Gasteiger partial charge in [0.15, 0.2) is 0 Å². The highest BCUT2D eigenvalue weighted by molar-refractivity contribution is 7.93. The summed E-state index contributed by atoms with van der Waals surface area (Å²) in [5.41, 5.74) is 1.76. The molecule has 0 saturated heterocycles. The van der Waals surface area contributed by atoms with Crippen molar-refractivity contribution in [3.8, 4) is 0 Å². The largest absolute Gasteiger partial charge is 0.396 e. The second-order valence-electron chi connectivity index (χ2n) is 6.99. The molecule has 32 heavy (non-hydrogen) atoms. The smallest absolute Gasteiger partial charge is 0.392 e. The summed E-state index contributed by atoms with van der Waals surface area (Å²) in [6.45, 7) is 2.77. The van der Waals surface area contributed by atoms with Crippen LogP contribution in [0.2, 0.25) is 10.0 Å². The third kappa shape index (κ3) is 5.02. The molecule has 1 unspecified atom stereocenters. The molecule has 4 N–H and O–H groups in total. The number of benzene rings is 3. The van der Waals surface area contributed by atoms with E-state index in [0.717, 1.165) is 6.07 Å². The van der Waals surface area contributed by atoms with E-state index in [9.17, 15) is 21.9 Å². The predicted octanol–water partition coefficient (Wildman–Crippen LogP) is 4.86. The molecule has 1 atom stereocenters. The molecule has 3 aromatic carbocycles. The van der Waals surface area contributed by atoms with Crippen LogP contribution in [0, 0.1) is 13.8 Å². The number of halogens is 2. The first-order chi connectivity index (χ1) is 15.0. The molecule has 0 aliphatic heterocycles. The van der Waals surface area contributed by atoms with Crippen LogP contribution in [0.25, 0.3) is 0 Å². The van der Waals surface area contributed by atoms with Crippen molar-refractivity contribution in [3.63, 3.8) is 0 Å². The third-order valence-corrected chi connectivity index (χ3v) is 8.50. The van der Waals surface area contributed by atoms with Crippen LogP contribution in [0.4, 0.5) is 11.4 Å². The average molecular weight is 516 g/mol. The summed E-state index contributed by atoms with van der Waals surface area (Å²) >= 11 is 12.1. The first-order valence-electron chi connectivity index (χ1n) is 9.27. The fraction of sp³-hybridized carbons (Fsp3) is 0.143. The fourth-order valence-corrected chi connectivity index (χ4v) is 5.91. The van der Waals surface area contributed by atoms with Gasteiger partial charge in [0.2, 0.25) is 0 Å². The summed E-state index contributed by atoms with van der Waals surface area (Å²) in [5.74, 6) is 0. The van der Waals surface area contributed by atoms with Crippen molar-refractivity contribution >= 4 is 54.6 Å². The Balaban J connectivity index is 2.04. The molecule has 0 spiro atoms. The molecule has 170 valence electrons. The van der Waals surface area contributed by atoms with E-state index in [-0.39, 0.29) is 21.0 Å². The SMILES string of the molecule is Cc1c(Cl)cccc1NS(=O)(=O)c1ccc(CO)c(S(=O)(=[OH+])Nc2cccc(Cl)c2C)c1. The normalized spacial score (nSPS) is 13.4. The minimum Gasteiger partial charge on any atom is -0.392 e. The topological polar surface area (TPSA) is 117 Å². The highest BCUT2D eigenvalue weighted by atomic mass is 35.5. The molecule has 3 rings (SSSR count). The Kier molecular flexibility index (Phi) is 7.06. The predicted molar refractivity (Wildman–Crippen MR) is 128 cm³/mol. The number of sulfonamides is 1. The van der Waals surface area contributed by atoms with Crippen LogP contribution < -0.4 is 9.44 Å². The third-order valence-electron chi connectivity index (χ3n) is 4.85. The number of rotatable bonds is 7.